The van der Waals surface area contributed by atoms with Crippen molar-refractivity contribution in [2.75, 3.05) is 13.7 Å². The van der Waals surface area contributed by atoms with Crippen LogP contribution in [0.3, 0.4) is 0 Å². The second-order valence-electron chi connectivity index (χ2n) is 2.56. The third-order valence-corrected chi connectivity index (χ3v) is 1.58. The van der Waals surface area contributed by atoms with Crippen LogP contribution in [0.15, 0.2) is 12.3 Å². The zero-order valence-electron chi connectivity index (χ0n) is 7.64. The van der Waals surface area contributed by atoms with E-state index in [2.05, 4.69) is 9.72 Å². The number of nitrogens with zero attached hydrogens (tertiary/aromatic N) is 1. The van der Waals surface area contributed by atoms with Crippen molar-refractivity contribution >= 4 is 11.6 Å². The molecule has 0 atom stereocenters. The van der Waals surface area contributed by atoms with Crippen molar-refractivity contribution in [3.63, 3.8) is 0 Å². The fourth-order valence-corrected chi connectivity index (χ4v) is 0.972. The first kappa shape index (κ1) is 11.9. The lowest BCUT2D eigenvalue weighted by Gasteiger charge is -2.11. The Balaban J connectivity index is 2.79. The van der Waals surface area contributed by atoms with Crippen LogP contribution in [0.5, 0.6) is 11.6 Å². The Morgan fingerprint density at radius 3 is 2.67 bits per heavy atom. The topological polar surface area (TPSA) is 31.4 Å². The molecule has 1 rings (SSSR count). The molecule has 0 aliphatic rings. The Kier molecular flexibility index (Phi) is 3.62. The first-order valence-electron chi connectivity index (χ1n) is 3.81. The van der Waals surface area contributed by atoms with Gasteiger partial charge in [-0.3, -0.25) is 0 Å². The average Bonchev–Trinajstić information content (AvgIpc) is 2.14. The van der Waals surface area contributed by atoms with Crippen LogP contribution in [0.25, 0.3) is 0 Å². The standard InChI is InChI=1S/C8H7ClF3NO2/c1-14-7-6(2-5(9)3-13-7)15-4-8(10,11)12/h2-3H,4H2,1H3. The van der Waals surface area contributed by atoms with E-state index in [0.29, 0.717) is 0 Å². The van der Waals surface area contributed by atoms with Crippen LogP contribution in [0.4, 0.5) is 13.2 Å². The number of hydrogen-bond acceptors (Lipinski definition) is 3. The van der Waals surface area contributed by atoms with Gasteiger partial charge in [-0.2, -0.15) is 13.2 Å². The van der Waals surface area contributed by atoms with Gasteiger partial charge < -0.3 is 9.47 Å². The summed E-state index contributed by atoms with van der Waals surface area (Å²) in [6, 6.07) is 1.21. The minimum atomic E-state index is -4.41. The summed E-state index contributed by atoms with van der Waals surface area (Å²) in [7, 11) is 1.27. The molecule has 15 heavy (non-hydrogen) atoms. The molecule has 0 saturated heterocycles. The number of ether oxygens (including phenoxy) is 2. The summed E-state index contributed by atoms with van der Waals surface area (Å²) in [4.78, 5) is 3.65. The summed E-state index contributed by atoms with van der Waals surface area (Å²) < 4.78 is 44.8. The fourth-order valence-electron chi connectivity index (χ4n) is 0.824. The third-order valence-electron chi connectivity index (χ3n) is 1.37. The van der Waals surface area contributed by atoms with E-state index in [9.17, 15) is 13.2 Å². The minimum absolute atomic E-state index is 0.0383. The molecule has 0 radical (unpaired) electrons. The number of methoxy groups -OCH3 is 1. The van der Waals surface area contributed by atoms with E-state index >= 15 is 0 Å². The average molecular weight is 242 g/mol. The predicted octanol–water partition coefficient (Wildman–Crippen LogP) is 2.68. The van der Waals surface area contributed by atoms with Crippen molar-refractivity contribution in [2.24, 2.45) is 0 Å². The number of rotatable bonds is 3. The highest BCUT2D eigenvalue weighted by molar-refractivity contribution is 6.30. The molecule has 0 bridgehead atoms. The van der Waals surface area contributed by atoms with Crippen molar-refractivity contribution in [1.29, 1.82) is 0 Å². The summed E-state index contributed by atoms with van der Waals surface area (Å²) in [5, 5.41) is 0.174. The summed E-state index contributed by atoms with van der Waals surface area (Å²) in [5.41, 5.74) is 0. The van der Waals surface area contributed by atoms with Crippen molar-refractivity contribution < 1.29 is 22.6 Å². The van der Waals surface area contributed by atoms with E-state index in [0.717, 1.165) is 0 Å². The molecule has 0 fully saturated rings. The zero-order valence-corrected chi connectivity index (χ0v) is 8.39. The molecule has 0 amide bonds. The normalized spacial score (nSPS) is 11.3. The molecule has 1 aromatic rings. The molecule has 0 unspecified atom stereocenters. The van der Waals surface area contributed by atoms with Crippen molar-refractivity contribution in [3.05, 3.63) is 17.3 Å². The van der Waals surface area contributed by atoms with Crippen molar-refractivity contribution in [3.8, 4) is 11.6 Å². The molecule has 0 aliphatic heterocycles. The molecular weight excluding hydrogens is 235 g/mol. The summed E-state index contributed by atoms with van der Waals surface area (Å²) in [5.74, 6) is -0.175. The quantitative estimate of drug-likeness (QED) is 0.815. The molecule has 1 heterocycles. The van der Waals surface area contributed by atoms with Crippen molar-refractivity contribution in [2.45, 2.75) is 6.18 Å². The highest BCUT2D eigenvalue weighted by Crippen LogP contribution is 2.28. The lowest BCUT2D eigenvalue weighted by atomic mass is 10.4. The summed E-state index contributed by atoms with van der Waals surface area (Å²) in [6.07, 6.45) is -3.16. The van der Waals surface area contributed by atoms with Gasteiger partial charge >= 0.3 is 6.18 Å². The van der Waals surface area contributed by atoms with E-state index in [-0.39, 0.29) is 16.7 Å². The van der Waals surface area contributed by atoms with Crippen LogP contribution in [0, 0.1) is 0 Å². The van der Waals surface area contributed by atoms with Gasteiger partial charge in [0.05, 0.1) is 12.1 Å². The van der Waals surface area contributed by atoms with E-state index < -0.39 is 12.8 Å². The van der Waals surface area contributed by atoms with Gasteiger partial charge in [-0.15, -0.1) is 0 Å². The number of halogens is 4. The van der Waals surface area contributed by atoms with Crippen LogP contribution in [-0.2, 0) is 0 Å². The van der Waals surface area contributed by atoms with E-state index in [1.807, 2.05) is 0 Å². The molecule has 0 aromatic carbocycles. The number of aromatic nitrogens is 1. The highest BCUT2D eigenvalue weighted by atomic mass is 35.5. The zero-order chi connectivity index (χ0) is 11.5. The lowest BCUT2D eigenvalue weighted by Crippen LogP contribution is -2.19. The lowest BCUT2D eigenvalue weighted by molar-refractivity contribution is -0.153. The Hall–Kier alpha value is -1.17. The molecular formula is C8H7ClF3NO2. The SMILES string of the molecule is COc1ncc(Cl)cc1OCC(F)(F)F. The van der Waals surface area contributed by atoms with E-state index in [1.165, 1.54) is 19.4 Å². The first-order valence-corrected chi connectivity index (χ1v) is 4.19. The van der Waals surface area contributed by atoms with Gasteiger partial charge in [0.2, 0.25) is 0 Å². The van der Waals surface area contributed by atoms with Crippen LogP contribution >= 0.6 is 11.6 Å². The second-order valence-corrected chi connectivity index (χ2v) is 3.00. The molecule has 0 aliphatic carbocycles. The van der Waals surface area contributed by atoms with Gasteiger partial charge in [0.1, 0.15) is 0 Å². The predicted molar refractivity (Wildman–Crippen MR) is 47.3 cm³/mol. The Morgan fingerprint density at radius 2 is 2.13 bits per heavy atom. The van der Waals surface area contributed by atoms with Crippen LogP contribution in [-0.4, -0.2) is 24.9 Å². The van der Waals surface area contributed by atoms with Gasteiger partial charge in [-0.05, 0) is 0 Å². The first-order chi connectivity index (χ1) is 6.92. The number of pyridine rings is 1. The summed E-state index contributed by atoms with van der Waals surface area (Å²) >= 11 is 5.54. The Bertz CT molecular complexity index is 343. The van der Waals surface area contributed by atoms with Gasteiger partial charge in [0.15, 0.2) is 12.4 Å². The van der Waals surface area contributed by atoms with Gasteiger partial charge in [0.25, 0.3) is 5.88 Å². The maximum Gasteiger partial charge on any atom is 0.422 e. The monoisotopic (exact) mass is 241 g/mol. The largest absolute Gasteiger partial charge is 0.478 e. The van der Waals surface area contributed by atoms with Gasteiger partial charge in [-0.1, -0.05) is 11.6 Å². The van der Waals surface area contributed by atoms with Gasteiger partial charge in [-0.25, -0.2) is 4.98 Å². The van der Waals surface area contributed by atoms with Crippen molar-refractivity contribution in [1.82, 2.24) is 4.98 Å². The van der Waals surface area contributed by atoms with Crippen LogP contribution < -0.4 is 9.47 Å². The Labute approximate surface area is 88.8 Å². The molecule has 84 valence electrons. The molecule has 3 nitrogen and oxygen atoms in total. The highest BCUT2D eigenvalue weighted by Gasteiger charge is 2.29. The van der Waals surface area contributed by atoms with Crippen LogP contribution in [0.1, 0.15) is 0 Å². The van der Waals surface area contributed by atoms with E-state index in [1.54, 1.807) is 0 Å². The molecule has 1 aromatic heterocycles. The molecule has 0 saturated carbocycles. The van der Waals surface area contributed by atoms with E-state index in [4.69, 9.17) is 16.3 Å². The molecule has 0 N–H and O–H groups in total. The fraction of sp³-hybridized carbons (Fsp3) is 0.375. The maximum atomic E-state index is 11.9. The minimum Gasteiger partial charge on any atom is -0.478 e. The smallest absolute Gasteiger partial charge is 0.422 e. The Morgan fingerprint density at radius 1 is 1.47 bits per heavy atom. The number of hydrogen-bond donors (Lipinski definition) is 0. The molecule has 0 spiro atoms. The van der Waals surface area contributed by atoms with Gasteiger partial charge in [0, 0.05) is 12.3 Å². The molecule has 7 heteroatoms. The second kappa shape index (κ2) is 4.57. The third kappa shape index (κ3) is 3.83. The van der Waals surface area contributed by atoms with Crippen LogP contribution in [0.2, 0.25) is 5.02 Å². The maximum absolute atomic E-state index is 11.9. The summed E-state index contributed by atoms with van der Waals surface area (Å²) in [6.45, 7) is -1.41. The number of alkyl halides is 3.